The molecular weight excluding hydrogens is 474 g/mol. The molecule has 172 valence electrons. The van der Waals surface area contributed by atoms with Gasteiger partial charge >= 0.3 is 0 Å². The number of halogens is 1. The van der Waals surface area contributed by atoms with Crippen LogP contribution < -0.4 is 15.9 Å². The minimum Gasteiger partial charge on any atom is -0.496 e. The van der Waals surface area contributed by atoms with E-state index in [1.807, 2.05) is 24.3 Å². The maximum Gasteiger partial charge on any atom is 0.234 e. The van der Waals surface area contributed by atoms with Crippen molar-refractivity contribution in [3.8, 4) is 17.1 Å². The van der Waals surface area contributed by atoms with E-state index in [-0.39, 0.29) is 17.4 Å². The molecule has 0 spiro atoms. The third kappa shape index (κ3) is 5.05. The number of benzene rings is 3. The van der Waals surface area contributed by atoms with Crippen LogP contribution in [0.25, 0.3) is 11.4 Å². The average molecular weight is 494 g/mol. The highest BCUT2D eigenvalue weighted by molar-refractivity contribution is 7.99. The average Bonchev–Trinajstić information content (AvgIpc) is 3.23. The Bertz CT molecular complexity index is 1340. The van der Waals surface area contributed by atoms with Crippen LogP contribution in [0.1, 0.15) is 15.9 Å². The number of rotatable bonds is 8. The first-order chi connectivity index (χ1) is 16.5. The van der Waals surface area contributed by atoms with E-state index >= 15 is 0 Å². The summed E-state index contributed by atoms with van der Waals surface area (Å²) >= 11 is 7.23. The number of thioether (sulfide) groups is 1. The number of carbonyl (C=O) groups is 2. The number of para-hydroxylation sites is 1. The summed E-state index contributed by atoms with van der Waals surface area (Å²) in [7, 11) is 1.56. The van der Waals surface area contributed by atoms with E-state index in [1.165, 1.54) is 10.7 Å². The summed E-state index contributed by atoms with van der Waals surface area (Å²) in [6.45, 7) is 0. The van der Waals surface area contributed by atoms with Gasteiger partial charge in [-0.1, -0.05) is 65.8 Å². The minimum atomic E-state index is -0.337. The van der Waals surface area contributed by atoms with Gasteiger partial charge in [0.15, 0.2) is 11.6 Å². The van der Waals surface area contributed by atoms with Crippen LogP contribution in [0.4, 0.5) is 5.69 Å². The molecule has 0 saturated carbocycles. The lowest BCUT2D eigenvalue weighted by Gasteiger charge is -2.11. The summed E-state index contributed by atoms with van der Waals surface area (Å²) in [4.78, 5) is 25.6. The number of nitrogens with one attached hydrogen (secondary N) is 1. The van der Waals surface area contributed by atoms with Crippen molar-refractivity contribution in [3.05, 3.63) is 88.9 Å². The van der Waals surface area contributed by atoms with Gasteiger partial charge < -0.3 is 15.9 Å². The van der Waals surface area contributed by atoms with Crippen molar-refractivity contribution in [3.63, 3.8) is 0 Å². The van der Waals surface area contributed by atoms with Crippen LogP contribution in [0.5, 0.6) is 5.75 Å². The second kappa shape index (κ2) is 10.4. The maximum absolute atomic E-state index is 13.0. The fourth-order valence-corrected chi connectivity index (χ4v) is 4.09. The Morgan fingerprint density at radius 2 is 1.79 bits per heavy atom. The number of hydrogen-bond acceptors (Lipinski definition) is 7. The summed E-state index contributed by atoms with van der Waals surface area (Å²) in [6.07, 6.45) is 0. The molecule has 4 aromatic rings. The molecule has 0 aliphatic heterocycles. The van der Waals surface area contributed by atoms with Gasteiger partial charge in [-0.2, -0.15) is 0 Å². The first-order valence-electron chi connectivity index (χ1n) is 10.1. The van der Waals surface area contributed by atoms with Crippen molar-refractivity contribution in [1.82, 2.24) is 14.9 Å². The van der Waals surface area contributed by atoms with Crippen molar-refractivity contribution in [2.45, 2.75) is 5.16 Å². The molecule has 3 N–H and O–H groups in total. The van der Waals surface area contributed by atoms with Gasteiger partial charge in [-0.25, -0.2) is 4.68 Å². The summed E-state index contributed by atoms with van der Waals surface area (Å²) in [6, 6.07) is 20.8. The first-order valence-corrected chi connectivity index (χ1v) is 11.5. The van der Waals surface area contributed by atoms with Crippen LogP contribution in [0.2, 0.25) is 5.02 Å². The molecule has 1 amide bonds. The monoisotopic (exact) mass is 493 g/mol. The molecule has 8 nitrogen and oxygen atoms in total. The number of methoxy groups -OCH3 is 1. The molecule has 0 fully saturated rings. The van der Waals surface area contributed by atoms with Crippen LogP contribution in [-0.4, -0.2) is 39.4 Å². The zero-order chi connectivity index (χ0) is 24.1. The number of anilines is 1. The van der Waals surface area contributed by atoms with Crippen LogP contribution >= 0.6 is 23.4 Å². The summed E-state index contributed by atoms with van der Waals surface area (Å²) in [5.74, 6) is 6.61. The van der Waals surface area contributed by atoms with Crippen molar-refractivity contribution in [1.29, 1.82) is 0 Å². The van der Waals surface area contributed by atoms with Gasteiger partial charge in [0.1, 0.15) is 5.75 Å². The van der Waals surface area contributed by atoms with E-state index in [0.29, 0.717) is 44.1 Å². The van der Waals surface area contributed by atoms with Crippen molar-refractivity contribution in [2.24, 2.45) is 0 Å². The Morgan fingerprint density at radius 1 is 1.06 bits per heavy atom. The molecule has 1 aromatic heterocycles. The molecule has 3 aromatic carbocycles. The molecule has 0 atom stereocenters. The van der Waals surface area contributed by atoms with E-state index in [0.717, 1.165) is 11.8 Å². The lowest BCUT2D eigenvalue weighted by molar-refractivity contribution is -0.113. The number of nitrogens with zero attached hydrogens (tertiary/aromatic N) is 3. The molecule has 0 aliphatic rings. The Kier molecular flexibility index (Phi) is 7.15. The minimum absolute atomic E-state index is 0.00283. The molecule has 0 unspecified atom stereocenters. The number of nitrogen functional groups attached to an aromatic ring is 1. The molecule has 34 heavy (non-hydrogen) atoms. The highest BCUT2D eigenvalue weighted by Crippen LogP contribution is 2.29. The van der Waals surface area contributed by atoms with Gasteiger partial charge in [0, 0.05) is 16.1 Å². The second-order valence-electron chi connectivity index (χ2n) is 7.10. The van der Waals surface area contributed by atoms with E-state index in [2.05, 4.69) is 15.5 Å². The fraction of sp³-hybridized carbons (Fsp3) is 0.0833. The van der Waals surface area contributed by atoms with E-state index in [4.69, 9.17) is 22.2 Å². The zero-order valence-corrected chi connectivity index (χ0v) is 19.6. The summed E-state index contributed by atoms with van der Waals surface area (Å²) < 4.78 is 6.66. The third-order valence-corrected chi connectivity index (χ3v) is 6.06. The number of ketones is 1. The number of amides is 1. The molecule has 0 bridgehead atoms. The van der Waals surface area contributed by atoms with E-state index in [9.17, 15) is 9.59 Å². The predicted octanol–water partition coefficient (Wildman–Crippen LogP) is 4.28. The van der Waals surface area contributed by atoms with Crippen molar-refractivity contribution < 1.29 is 14.3 Å². The largest absolute Gasteiger partial charge is 0.496 e. The summed E-state index contributed by atoms with van der Waals surface area (Å²) in [5.41, 5.74) is 1.85. The Labute approximate surface area is 205 Å². The van der Waals surface area contributed by atoms with Crippen LogP contribution in [-0.2, 0) is 4.79 Å². The topological polar surface area (TPSA) is 112 Å². The maximum atomic E-state index is 13.0. The first kappa shape index (κ1) is 23.3. The Hall–Kier alpha value is -3.82. The van der Waals surface area contributed by atoms with Gasteiger partial charge in [-0.05, 0) is 30.3 Å². The molecule has 4 rings (SSSR count). The van der Waals surface area contributed by atoms with E-state index in [1.54, 1.807) is 49.6 Å². The number of ether oxygens (including phenoxy) is 1. The highest BCUT2D eigenvalue weighted by atomic mass is 35.5. The SMILES string of the molecule is COc1ccccc1-c1nnc(SCC(=O)Nc2ccc(Cl)cc2C(=O)c2ccccc2)n1N. The van der Waals surface area contributed by atoms with Crippen LogP contribution in [0, 0.1) is 0 Å². The van der Waals surface area contributed by atoms with Gasteiger partial charge in [0.2, 0.25) is 11.1 Å². The van der Waals surface area contributed by atoms with Crippen molar-refractivity contribution >= 4 is 40.7 Å². The standard InChI is InChI=1S/C24H20ClN5O3S/c1-33-20-10-6-5-9-17(20)23-28-29-24(30(23)26)34-14-21(31)27-19-12-11-16(25)13-18(19)22(32)15-7-3-2-4-8-15/h2-13H,14,26H2,1H3,(H,27,31). The third-order valence-electron chi connectivity index (χ3n) is 4.88. The second-order valence-corrected chi connectivity index (χ2v) is 8.48. The zero-order valence-electron chi connectivity index (χ0n) is 18.1. The Balaban J connectivity index is 1.48. The quantitative estimate of drug-likeness (QED) is 0.214. The smallest absolute Gasteiger partial charge is 0.234 e. The number of carbonyl (C=O) groups excluding carboxylic acids is 2. The predicted molar refractivity (Wildman–Crippen MR) is 133 cm³/mol. The molecular formula is C24H20ClN5O3S. The summed E-state index contributed by atoms with van der Waals surface area (Å²) in [5, 5.41) is 11.7. The number of aromatic nitrogens is 3. The molecule has 0 aliphatic carbocycles. The molecule has 0 radical (unpaired) electrons. The van der Waals surface area contributed by atoms with Crippen LogP contribution in [0.3, 0.4) is 0 Å². The van der Waals surface area contributed by atoms with Gasteiger partial charge in [-0.3, -0.25) is 9.59 Å². The van der Waals surface area contributed by atoms with Gasteiger partial charge in [-0.15, -0.1) is 10.2 Å². The number of nitrogens with two attached hydrogens (primary N) is 1. The van der Waals surface area contributed by atoms with Crippen LogP contribution in [0.15, 0.2) is 78.0 Å². The van der Waals surface area contributed by atoms with Gasteiger partial charge in [0.25, 0.3) is 0 Å². The van der Waals surface area contributed by atoms with Gasteiger partial charge in [0.05, 0.1) is 24.1 Å². The highest BCUT2D eigenvalue weighted by Gasteiger charge is 2.19. The normalized spacial score (nSPS) is 10.6. The lowest BCUT2D eigenvalue weighted by Crippen LogP contribution is -2.18. The lowest BCUT2D eigenvalue weighted by atomic mass is 10.0. The molecule has 10 heteroatoms. The molecule has 0 saturated heterocycles. The molecule has 1 heterocycles. The Morgan fingerprint density at radius 3 is 2.56 bits per heavy atom. The fourth-order valence-electron chi connectivity index (χ4n) is 3.26. The number of hydrogen-bond donors (Lipinski definition) is 2. The van der Waals surface area contributed by atoms with Crippen molar-refractivity contribution in [2.75, 3.05) is 24.0 Å². The van der Waals surface area contributed by atoms with E-state index < -0.39 is 0 Å².